The molecule has 2 rings (SSSR count). The van der Waals surface area contributed by atoms with Gasteiger partial charge in [-0.05, 0) is 30.2 Å². The van der Waals surface area contributed by atoms with Crippen LogP contribution >= 0.6 is 15.9 Å². The second-order valence-corrected chi connectivity index (χ2v) is 5.64. The predicted molar refractivity (Wildman–Crippen MR) is 69.8 cm³/mol. The Balaban J connectivity index is 2.11. The van der Waals surface area contributed by atoms with Crippen LogP contribution in [0.15, 0.2) is 22.7 Å². The third-order valence-electron chi connectivity index (χ3n) is 3.25. The number of hydrogen-bond donors (Lipinski definition) is 0. The largest absolute Gasteiger partial charge is 0.416 e. The van der Waals surface area contributed by atoms with Crippen LogP contribution in [0.3, 0.4) is 0 Å². The zero-order chi connectivity index (χ0) is 14.0. The average Bonchev–Trinajstić information content (AvgIpc) is 2.75. The van der Waals surface area contributed by atoms with Crippen molar-refractivity contribution < 1.29 is 17.9 Å². The van der Waals surface area contributed by atoms with E-state index >= 15 is 0 Å². The van der Waals surface area contributed by atoms with Gasteiger partial charge in [0.05, 0.1) is 11.7 Å². The summed E-state index contributed by atoms with van der Waals surface area (Å²) in [5, 5.41) is 0. The van der Waals surface area contributed by atoms with Crippen molar-refractivity contribution in [2.45, 2.75) is 25.2 Å². The van der Waals surface area contributed by atoms with Crippen molar-refractivity contribution in [1.82, 2.24) is 4.90 Å². The van der Waals surface area contributed by atoms with E-state index in [0.717, 1.165) is 25.6 Å². The summed E-state index contributed by atoms with van der Waals surface area (Å²) in [7, 11) is 1.66. The quantitative estimate of drug-likeness (QED) is 0.834. The molecule has 2 nitrogen and oxygen atoms in total. The van der Waals surface area contributed by atoms with E-state index in [4.69, 9.17) is 4.74 Å². The molecule has 0 N–H and O–H groups in total. The number of nitrogens with zero attached hydrogens (tertiary/aromatic N) is 1. The van der Waals surface area contributed by atoms with Crippen molar-refractivity contribution >= 4 is 15.9 Å². The first-order valence-electron chi connectivity index (χ1n) is 6.00. The van der Waals surface area contributed by atoms with Crippen LogP contribution in [-0.4, -0.2) is 31.2 Å². The van der Waals surface area contributed by atoms with Crippen LogP contribution < -0.4 is 0 Å². The van der Waals surface area contributed by atoms with Gasteiger partial charge in [0.1, 0.15) is 0 Å². The number of halogens is 4. The summed E-state index contributed by atoms with van der Waals surface area (Å²) in [5.41, 5.74) is 0.0535. The van der Waals surface area contributed by atoms with Gasteiger partial charge in [-0.25, -0.2) is 0 Å². The first kappa shape index (κ1) is 14.8. The molecule has 1 aromatic rings. The fraction of sp³-hybridized carbons (Fsp3) is 0.538. The van der Waals surface area contributed by atoms with E-state index in [1.165, 1.54) is 6.07 Å². The Kier molecular flexibility index (Phi) is 4.53. The zero-order valence-corrected chi connectivity index (χ0v) is 12.1. The van der Waals surface area contributed by atoms with Crippen LogP contribution in [0, 0.1) is 0 Å². The van der Waals surface area contributed by atoms with Gasteiger partial charge < -0.3 is 4.74 Å². The Labute approximate surface area is 118 Å². The van der Waals surface area contributed by atoms with Crippen LogP contribution in [0.4, 0.5) is 13.2 Å². The molecular formula is C13H15BrF3NO. The number of methoxy groups -OCH3 is 1. The summed E-state index contributed by atoms with van der Waals surface area (Å²) in [6.07, 6.45) is -3.19. The SMILES string of the molecule is COC1CCN(Cc2cc(Br)cc(C(F)(F)F)c2)C1. The van der Waals surface area contributed by atoms with Crippen molar-refractivity contribution in [1.29, 1.82) is 0 Å². The van der Waals surface area contributed by atoms with E-state index in [0.29, 0.717) is 16.6 Å². The van der Waals surface area contributed by atoms with E-state index in [2.05, 4.69) is 20.8 Å². The highest BCUT2D eigenvalue weighted by atomic mass is 79.9. The molecule has 1 fully saturated rings. The second-order valence-electron chi connectivity index (χ2n) is 4.73. The molecule has 19 heavy (non-hydrogen) atoms. The molecule has 1 aliphatic rings. The molecule has 6 heteroatoms. The van der Waals surface area contributed by atoms with E-state index < -0.39 is 11.7 Å². The van der Waals surface area contributed by atoms with E-state index in [9.17, 15) is 13.2 Å². The molecule has 0 radical (unpaired) electrons. The van der Waals surface area contributed by atoms with Gasteiger partial charge in [-0.1, -0.05) is 15.9 Å². The number of benzene rings is 1. The Bertz CT molecular complexity index is 450. The Hall–Kier alpha value is -0.590. The van der Waals surface area contributed by atoms with Crippen molar-refractivity contribution in [2.75, 3.05) is 20.2 Å². The van der Waals surface area contributed by atoms with Crippen LogP contribution in [0.1, 0.15) is 17.5 Å². The van der Waals surface area contributed by atoms with Gasteiger partial charge in [-0.2, -0.15) is 13.2 Å². The van der Waals surface area contributed by atoms with Crippen LogP contribution in [0.25, 0.3) is 0 Å². The lowest BCUT2D eigenvalue weighted by molar-refractivity contribution is -0.137. The first-order valence-corrected chi connectivity index (χ1v) is 6.79. The molecule has 1 saturated heterocycles. The van der Waals surface area contributed by atoms with Crippen LogP contribution in [0.5, 0.6) is 0 Å². The second kappa shape index (κ2) is 5.81. The van der Waals surface area contributed by atoms with Gasteiger partial charge in [0.2, 0.25) is 0 Å². The molecule has 0 saturated carbocycles. The number of alkyl halides is 3. The highest BCUT2D eigenvalue weighted by molar-refractivity contribution is 9.10. The van der Waals surface area contributed by atoms with Gasteiger partial charge in [0.25, 0.3) is 0 Å². The molecule has 1 unspecified atom stereocenters. The fourth-order valence-electron chi connectivity index (χ4n) is 2.30. The van der Waals surface area contributed by atoms with Crippen molar-refractivity contribution in [3.8, 4) is 0 Å². The van der Waals surface area contributed by atoms with Crippen molar-refractivity contribution in [3.05, 3.63) is 33.8 Å². The Morgan fingerprint density at radius 2 is 2.11 bits per heavy atom. The molecule has 0 aliphatic carbocycles. The van der Waals surface area contributed by atoms with Gasteiger partial charge in [-0.3, -0.25) is 4.90 Å². The molecule has 1 aromatic carbocycles. The lowest BCUT2D eigenvalue weighted by Gasteiger charge is -2.17. The number of ether oxygens (including phenoxy) is 1. The lowest BCUT2D eigenvalue weighted by atomic mass is 10.1. The normalized spacial score (nSPS) is 21.0. The minimum atomic E-state index is -4.31. The molecule has 0 amide bonds. The van der Waals surface area contributed by atoms with E-state index in [-0.39, 0.29) is 6.10 Å². The molecule has 0 spiro atoms. The summed E-state index contributed by atoms with van der Waals surface area (Å²) in [6.45, 7) is 2.14. The van der Waals surface area contributed by atoms with Gasteiger partial charge in [-0.15, -0.1) is 0 Å². The van der Waals surface area contributed by atoms with E-state index in [1.807, 2.05) is 0 Å². The fourth-order valence-corrected chi connectivity index (χ4v) is 2.84. The highest BCUT2D eigenvalue weighted by Gasteiger charge is 2.31. The third-order valence-corrected chi connectivity index (χ3v) is 3.71. The Morgan fingerprint density at radius 1 is 1.37 bits per heavy atom. The minimum absolute atomic E-state index is 0.189. The van der Waals surface area contributed by atoms with Crippen LogP contribution in [-0.2, 0) is 17.5 Å². The Morgan fingerprint density at radius 3 is 2.68 bits per heavy atom. The average molecular weight is 338 g/mol. The molecule has 1 heterocycles. The number of hydrogen-bond acceptors (Lipinski definition) is 2. The zero-order valence-electron chi connectivity index (χ0n) is 10.5. The lowest BCUT2D eigenvalue weighted by Crippen LogP contribution is -2.22. The highest BCUT2D eigenvalue weighted by Crippen LogP contribution is 2.32. The predicted octanol–water partition coefficient (Wildman–Crippen LogP) is 3.69. The molecular weight excluding hydrogens is 323 g/mol. The smallest absolute Gasteiger partial charge is 0.380 e. The minimum Gasteiger partial charge on any atom is -0.380 e. The third kappa shape index (κ3) is 3.94. The monoisotopic (exact) mass is 337 g/mol. The maximum atomic E-state index is 12.7. The summed E-state index contributed by atoms with van der Waals surface area (Å²) in [5.74, 6) is 0. The first-order chi connectivity index (χ1) is 8.88. The molecule has 1 atom stereocenters. The summed E-state index contributed by atoms with van der Waals surface area (Å²) < 4.78 is 43.9. The number of likely N-dealkylation sites (tertiary alicyclic amines) is 1. The summed E-state index contributed by atoms with van der Waals surface area (Å²) >= 11 is 3.14. The van der Waals surface area contributed by atoms with Gasteiger partial charge >= 0.3 is 6.18 Å². The molecule has 0 bridgehead atoms. The standard InChI is InChI=1S/C13H15BrF3NO/c1-19-12-2-3-18(8-12)7-9-4-10(13(15,16)17)6-11(14)5-9/h4-6,12H,2-3,7-8H2,1H3. The van der Waals surface area contributed by atoms with E-state index in [1.54, 1.807) is 13.2 Å². The summed E-state index contributed by atoms with van der Waals surface area (Å²) in [4.78, 5) is 2.11. The molecule has 106 valence electrons. The molecule has 1 aliphatic heterocycles. The molecule has 0 aromatic heterocycles. The topological polar surface area (TPSA) is 12.5 Å². The maximum Gasteiger partial charge on any atom is 0.416 e. The summed E-state index contributed by atoms with van der Waals surface area (Å²) in [6, 6.07) is 4.05. The van der Waals surface area contributed by atoms with Crippen LogP contribution in [0.2, 0.25) is 0 Å². The van der Waals surface area contributed by atoms with Crippen molar-refractivity contribution in [2.24, 2.45) is 0 Å². The maximum absolute atomic E-state index is 12.7. The van der Waals surface area contributed by atoms with Gasteiger partial charge in [0, 0.05) is 31.2 Å². The van der Waals surface area contributed by atoms with Gasteiger partial charge in [0.15, 0.2) is 0 Å². The number of rotatable bonds is 3. The van der Waals surface area contributed by atoms with Crippen molar-refractivity contribution in [3.63, 3.8) is 0 Å².